The summed E-state index contributed by atoms with van der Waals surface area (Å²) in [4.78, 5) is 0.377. The first kappa shape index (κ1) is 14.3. The Balaban J connectivity index is 2.46. The lowest BCUT2D eigenvalue weighted by Crippen LogP contribution is -2.47. The van der Waals surface area contributed by atoms with Crippen LogP contribution in [-0.4, -0.2) is 24.8 Å². The summed E-state index contributed by atoms with van der Waals surface area (Å²) in [7, 11) is -3.43. The van der Waals surface area contributed by atoms with Gasteiger partial charge in [-0.2, -0.15) is 4.31 Å². The average Bonchev–Trinajstić information content (AvgIpc) is 2.27. The summed E-state index contributed by atoms with van der Waals surface area (Å²) in [5, 5.41) is 0. The molecule has 0 aromatic heterocycles. The summed E-state index contributed by atoms with van der Waals surface area (Å²) < 4.78 is 27.3. The monoisotopic (exact) mass is 282 g/mol. The SMILES string of the molecule is Cc1cc(N)ccc1S(=O)(=O)N1[C@H](C)CCC[C@@H]1C. The number of piperidine rings is 1. The molecule has 2 N–H and O–H groups in total. The van der Waals surface area contributed by atoms with Crippen LogP contribution in [0.4, 0.5) is 5.69 Å². The molecule has 2 atom stereocenters. The van der Waals surface area contributed by atoms with Crippen molar-refractivity contribution in [2.75, 3.05) is 5.73 Å². The zero-order valence-electron chi connectivity index (χ0n) is 11.8. The molecule has 5 heteroatoms. The molecule has 0 saturated carbocycles. The zero-order valence-corrected chi connectivity index (χ0v) is 12.6. The van der Waals surface area contributed by atoms with E-state index in [9.17, 15) is 8.42 Å². The third-order valence-corrected chi connectivity index (χ3v) is 6.16. The average molecular weight is 282 g/mol. The topological polar surface area (TPSA) is 63.4 Å². The van der Waals surface area contributed by atoms with Gasteiger partial charge in [0.15, 0.2) is 0 Å². The van der Waals surface area contributed by atoms with E-state index in [4.69, 9.17) is 5.73 Å². The Morgan fingerprint density at radius 1 is 1.21 bits per heavy atom. The van der Waals surface area contributed by atoms with E-state index in [1.807, 2.05) is 13.8 Å². The van der Waals surface area contributed by atoms with Gasteiger partial charge in [0.2, 0.25) is 10.0 Å². The van der Waals surface area contributed by atoms with E-state index in [1.54, 1.807) is 29.4 Å². The van der Waals surface area contributed by atoms with Crippen LogP contribution < -0.4 is 5.73 Å². The molecule has 0 aliphatic carbocycles. The minimum atomic E-state index is -3.43. The maximum absolute atomic E-state index is 12.8. The summed E-state index contributed by atoms with van der Waals surface area (Å²) in [5.74, 6) is 0. The lowest BCUT2D eigenvalue weighted by Gasteiger charge is -2.38. The number of hydrogen-bond donors (Lipinski definition) is 1. The van der Waals surface area contributed by atoms with Gasteiger partial charge in [-0.05, 0) is 57.4 Å². The van der Waals surface area contributed by atoms with Gasteiger partial charge >= 0.3 is 0 Å². The van der Waals surface area contributed by atoms with Crippen molar-refractivity contribution in [3.8, 4) is 0 Å². The van der Waals surface area contributed by atoms with Crippen LogP contribution in [0.1, 0.15) is 38.7 Å². The summed E-state index contributed by atoms with van der Waals surface area (Å²) >= 11 is 0. The fraction of sp³-hybridized carbons (Fsp3) is 0.571. The van der Waals surface area contributed by atoms with E-state index in [0.717, 1.165) is 19.3 Å². The van der Waals surface area contributed by atoms with Crippen molar-refractivity contribution in [3.05, 3.63) is 23.8 Å². The van der Waals surface area contributed by atoms with Gasteiger partial charge in [0.05, 0.1) is 4.90 Å². The maximum Gasteiger partial charge on any atom is 0.243 e. The van der Waals surface area contributed by atoms with E-state index in [-0.39, 0.29) is 12.1 Å². The van der Waals surface area contributed by atoms with Crippen LogP contribution in [0.15, 0.2) is 23.1 Å². The molecular weight excluding hydrogens is 260 g/mol. The minimum absolute atomic E-state index is 0.0608. The highest BCUT2D eigenvalue weighted by atomic mass is 32.2. The summed E-state index contributed by atoms with van der Waals surface area (Å²) in [6, 6.07) is 5.11. The number of sulfonamides is 1. The molecule has 1 aromatic rings. The van der Waals surface area contributed by atoms with Gasteiger partial charge < -0.3 is 5.73 Å². The van der Waals surface area contributed by atoms with Crippen molar-refractivity contribution in [2.45, 2.75) is 57.0 Å². The summed E-state index contributed by atoms with van der Waals surface area (Å²) in [5.41, 5.74) is 7.00. The second kappa shape index (κ2) is 5.13. The number of rotatable bonds is 2. The number of nitrogen functional groups attached to an aromatic ring is 1. The third kappa shape index (κ3) is 2.62. The number of nitrogens with two attached hydrogens (primary N) is 1. The van der Waals surface area contributed by atoms with Gasteiger partial charge in [-0.25, -0.2) is 8.42 Å². The number of hydrogen-bond acceptors (Lipinski definition) is 3. The van der Waals surface area contributed by atoms with Crippen molar-refractivity contribution in [2.24, 2.45) is 0 Å². The van der Waals surface area contributed by atoms with Crippen molar-refractivity contribution < 1.29 is 8.42 Å². The molecule has 0 radical (unpaired) electrons. The molecular formula is C14H22N2O2S. The molecule has 2 rings (SSSR count). The second-order valence-corrected chi connectivity index (χ2v) is 7.30. The van der Waals surface area contributed by atoms with Gasteiger partial charge in [0.25, 0.3) is 0 Å². The van der Waals surface area contributed by atoms with Crippen molar-refractivity contribution in [1.29, 1.82) is 0 Å². The quantitative estimate of drug-likeness (QED) is 0.848. The van der Waals surface area contributed by atoms with Gasteiger partial charge in [-0.1, -0.05) is 6.42 Å². The van der Waals surface area contributed by atoms with E-state index >= 15 is 0 Å². The zero-order chi connectivity index (χ0) is 14.2. The molecule has 1 saturated heterocycles. The predicted molar refractivity (Wildman–Crippen MR) is 77.4 cm³/mol. The fourth-order valence-corrected chi connectivity index (χ4v) is 5.04. The normalized spacial score (nSPS) is 25.4. The maximum atomic E-state index is 12.8. The van der Waals surface area contributed by atoms with Crippen LogP contribution in [0.2, 0.25) is 0 Å². The molecule has 0 bridgehead atoms. The number of anilines is 1. The van der Waals surface area contributed by atoms with E-state index in [0.29, 0.717) is 16.1 Å². The Labute approximate surface area is 115 Å². The Morgan fingerprint density at radius 3 is 2.32 bits per heavy atom. The molecule has 0 amide bonds. The van der Waals surface area contributed by atoms with Crippen molar-refractivity contribution in [1.82, 2.24) is 4.31 Å². The fourth-order valence-electron chi connectivity index (χ4n) is 2.95. The van der Waals surface area contributed by atoms with Crippen LogP contribution in [0.5, 0.6) is 0 Å². The molecule has 1 aliphatic rings. The lowest BCUT2D eigenvalue weighted by molar-refractivity contribution is 0.204. The molecule has 1 aromatic carbocycles. The number of aryl methyl sites for hydroxylation is 1. The highest BCUT2D eigenvalue weighted by molar-refractivity contribution is 7.89. The second-order valence-electron chi connectivity index (χ2n) is 5.49. The lowest BCUT2D eigenvalue weighted by atomic mass is 10.0. The third-order valence-electron chi connectivity index (χ3n) is 3.87. The highest BCUT2D eigenvalue weighted by Gasteiger charge is 2.36. The van der Waals surface area contributed by atoms with Crippen LogP contribution in [-0.2, 0) is 10.0 Å². The standard InChI is InChI=1S/C14H22N2O2S/c1-10-9-13(15)7-8-14(10)19(17,18)16-11(2)5-4-6-12(16)3/h7-9,11-12H,4-6,15H2,1-3H3/t11-,12+. The Bertz CT molecular complexity index is 559. The molecule has 1 fully saturated rings. The van der Waals surface area contributed by atoms with Crippen LogP contribution >= 0.6 is 0 Å². The van der Waals surface area contributed by atoms with E-state index in [1.165, 1.54) is 0 Å². The van der Waals surface area contributed by atoms with Gasteiger partial charge in [-0.15, -0.1) is 0 Å². The Hall–Kier alpha value is -1.07. The first-order valence-electron chi connectivity index (χ1n) is 6.73. The highest BCUT2D eigenvalue weighted by Crippen LogP contribution is 2.31. The predicted octanol–water partition coefficient (Wildman–Crippen LogP) is 2.53. The molecule has 4 nitrogen and oxygen atoms in total. The first-order valence-corrected chi connectivity index (χ1v) is 8.17. The molecule has 0 spiro atoms. The summed E-state index contributed by atoms with van der Waals surface area (Å²) in [6.45, 7) is 5.77. The Kier molecular flexibility index (Phi) is 3.87. The van der Waals surface area contributed by atoms with Crippen LogP contribution in [0, 0.1) is 6.92 Å². The Morgan fingerprint density at radius 2 is 1.79 bits per heavy atom. The van der Waals surface area contributed by atoms with Crippen molar-refractivity contribution >= 4 is 15.7 Å². The molecule has 1 heterocycles. The largest absolute Gasteiger partial charge is 0.399 e. The summed E-state index contributed by atoms with van der Waals surface area (Å²) in [6.07, 6.45) is 2.95. The van der Waals surface area contributed by atoms with Gasteiger partial charge in [-0.3, -0.25) is 0 Å². The molecule has 19 heavy (non-hydrogen) atoms. The molecule has 1 aliphatic heterocycles. The van der Waals surface area contributed by atoms with Gasteiger partial charge in [0, 0.05) is 17.8 Å². The van der Waals surface area contributed by atoms with E-state index in [2.05, 4.69) is 0 Å². The first-order chi connectivity index (χ1) is 8.84. The minimum Gasteiger partial charge on any atom is -0.399 e. The molecule has 106 valence electrons. The van der Waals surface area contributed by atoms with Crippen molar-refractivity contribution in [3.63, 3.8) is 0 Å². The van der Waals surface area contributed by atoms with Crippen LogP contribution in [0.3, 0.4) is 0 Å². The van der Waals surface area contributed by atoms with Gasteiger partial charge in [0.1, 0.15) is 0 Å². The smallest absolute Gasteiger partial charge is 0.243 e. The van der Waals surface area contributed by atoms with Crippen LogP contribution in [0.25, 0.3) is 0 Å². The molecule has 0 unspecified atom stereocenters. The van der Waals surface area contributed by atoms with E-state index < -0.39 is 10.0 Å². The number of benzene rings is 1. The number of nitrogens with zero attached hydrogens (tertiary/aromatic N) is 1.